The van der Waals surface area contributed by atoms with Crippen molar-refractivity contribution >= 4 is 19.9 Å². The third-order valence-corrected chi connectivity index (χ3v) is 11.9. The van der Waals surface area contributed by atoms with E-state index in [1.165, 1.54) is 0 Å². The van der Waals surface area contributed by atoms with Crippen LogP contribution in [0.1, 0.15) is 47.1 Å². The molecule has 0 aliphatic carbocycles. The molecule has 1 amide bonds. The average Bonchev–Trinajstić information content (AvgIpc) is 2.77. The molecule has 1 fully saturated rings. The quantitative estimate of drug-likeness (QED) is 0.304. The van der Waals surface area contributed by atoms with E-state index in [0.29, 0.717) is 6.61 Å². The maximum absolute atomic E-state index is 13.6. The lowest BCUT2D eigenvalue weighted by atomic mass is 9.73. The molecule has 2 aromatic rings. The third-order valence-electron chi connectivity index (χ3n) is 7.46. The Kier molecular flexibility index (Phi) is 7.65. The van der Waals surface area contributed by atoms with E-state index in [4.69, 9.17) is 13.9 Å². The standard InChI is InChI=1S/C28H41NO4Si/c1-20(2)24(33-34(8,9)27(3,4)5)28(6)25(32-19-21-13-11-10-12-14-21)26(30)29(28)22-15-17-23(31-7)18-16-22/h10-18,20,24-25H,19H2,1-9H3/t24-,25+,28+/m0/s1. The van der Waals surface area contributed by atoms with Crippen molar-refractivity contribution in [2.75, 3.05) is 12.0 Å². The number of nitrogens with zero attached hydrogens (tertiary/aromatic N) is 1. The van der Waals surface area contributed by atoms with Gasteiger partial charge in [-0.2, -0.15) is 0 Å². The van der Waals surface area contributed by atoms with Crippen LogP contribution in [0.15, 0.2) is 54.6 Å². The van der Waals surface area contributed by atoms with Crippen molar-refractivity contribution in [3.63, 3.8) is 0 Å². The summed E-state index contributed by atoms with van der Waals surface area (Å²) in [5.74, 6) is 0.914. The topological polar surface area (TPSA) is 48.0 Å². The Morgan fingerprint density at radius 3 is 2.12 bits per heavy atom. The highest BCUT2D eigenvalue weighted by molar-refractivity contribution is 6.74. The van der Waals surface area contributed by atoms with E-state index in [1.54, 1.807) is 7.11 Å². The second-order valence-corrected chi connectivity index (χ2v) is 16.1. The number of carbonyl (C=O) groups is 1. The van der Waals surface area contributed by atoms with Gasteiger partial charge in [-0.1, -0.05) is 65.0 Å². The van der Waals surface area contributed by atoms with E-state index in [0.717, 1.165) is 17.0 Å². The molecular weight excluding hydrogens is 442 g/mol. The minimum Gasteiger partial charge on any atom is -0.497 e. The molecule has 1 heterocycles. The summed E-state index contributed by atoms with van der Waals surface area (Å²) in [5.41, 5.74) is 1.23. The van der Waals surface area contributed by atoms with Crippen LogP contribution in [0.3, 0.4) is 0 Å². The van der Waals surface area contributed by atoms with Gasteiger partial charge in [-0.15, -0.1) is 0 Å². The molecule has 1 aliphatic rings. The molecule has 2 aromatic carbocycles. The van der Waals surface area contributed by atoms with Crippen molar-refractivity contribution in [2.24, 2.45) is 5.92 Å². The first-order valence-corrected chi connectivity index (χ1v) is 15.0. The van der Waals surface area contributed by atoms with Gasteiger partial charge >= 0.3 is 0 Å². The minimum atomic E-state index is -2.12. The SMILES string of the molecule is COc1ccc(N2C(=O)[C@@H](OCc3ccccc3)[C@@]2(C)[C@@H](O[Si](C)(C)C(C)(C)C)C(C)C)cc1. The second kappa shape index (κ2) is 9.84. The predicted octanol–water partition coefficient (Wildman–Crippen LogP) is 6.43. The van der Waals surface area contributed by atoms with E-state index in [-0.39, 0.29) is 23.0 Å². The maximum Gasteiger partial charge on any atom is 0.259 e. The number of ether oxygens (including phenoxy) is 2. The highest BCUT2D eigenvalue weighted by atomic mass is 28.4. The highest BCUT2D eigenvalue weighted by Gasteiger charge is 2.64. The number of β-lactam (4-membered cyclic amide) rings is 1. The van der Waals surface area contributed by atoms with Crippen LogP contribution in [0, 0.1) is 5.92 Å². The Bertz CT molecular complexity index is 968. The number of hydrogen-bond donors (Lipinski definition) is 0. The predicted molar refractivity (Wildman–Crippen MR) is 141 cm³/mol. The Labute approximate surface area is 206 Å². The molecule has 0 N–H and O–H groups in total. The molecule has 0 unspecified atom stereocenters. The molecule has 1 aliphatic heterocycles. The molecular formula is C28H41NO4Si. The number of anilines is 1. The first kappa shape index (κ1) is 26.5. The van der Waals surface area contributed by atoms with E-state index in [2.05, 4.69) is 54.6 Å². The Balaban J connectivity index is 2.00. The van der Waals surface area contributed by atoms with Crippen molar-refractivity contribution < 1.29 is 18.7 Å². The summed E-state index contributed by atoms with van der Waals surface area (Å²) in [7, 11) is -0.478. The Hall–Kier alpha value is -2.15. The summed E-state index contributed by atoms with van der Waals surface area (Å²) in [5, 5.41) is 0.0512. The van der Waals surface area contributed by atoms with Gasteiger partial charge in [-0.25, -0.2) is 0 Å². The van der Waals surface area contributed by atoms with Crippen LogP contribution >= 0.6 is 0 Å². The Morgan fingerprint density at radius 2 is 1.62 bits per heavy atom. The maximum atomic E-state index is 13.6. The number of benzene rings is 2. The van der Waals surface area contributed by atoms with Gasteiger partial charge in [0.1, 0.15) is 11.3 Å². The summed E-state index contributed by atoms with van der Waals surface area (Å²) in [4.78, 5) is 15.4. The van der Waals surface area contributed by atoms with Gasteiger partial charge in [-0.3, -0.25) is 9.69 Å². The molecule has 186 valence electrons. The van der Waals surface area contributed by atoms with Crippen molar-refractivity contribution in [3.8, 4) is 5.75 Å². The van der Waals surface area contributed by atoms with Gasteiger partial charge in [0.05, 0.1) is 19.8 Å². The first-order chi connectivity index (χ1) is 15.8. The van der Waals surface area contributed by atoms with Crippen LogP contribution in [0.4, 0.5) is 5.69 Å². The lowest BCUT2D eigenvalue weighted by Crippen LogP contribution is -2.80. The summed E-state index contributed by atoms with van der Waals surface area (Å²) < 4.78 is 18.7. The summed E-state index contributed by atoms with van der Waals surface area (Å²) in [6.07, 6.45) is -0.777. The van der Waals surface area contributed by atoms with Crippen LogP contribution in [0.2, 0.25) is 18.1 Å². The van der Waals surface area contributed by atoms with Gasteiger partial charge in [0.2, 0.25) is 0 Å². The number of hydrogen-bond acceptors (Lipinski definition) is 4. The monoisotopic (exact) mass is 483 g/mol. The van der Waals surface area contributed by atoms with Gasteiger partial charge in [0, 0.05) is 5.69 Å². The molecule has 6 heteroatoms. The molecule has 0 aromatic heterocycles. The van der Waals surface area contributed by atoms with Crippen LogP contribution in [-0.4, -0.2) is 39.1 Å². The summed E-state index contributed by atoms with van der Waals surface area (Å²) in [6, 6.07) is 17.7. The molecule has 5 nitrogen and oxygen atoms in total. The van der Waals surface area contributed by atoms with Gasteiger partial charge in [-0.05, 0) is 60.8 Å². The lowest BCUT2D eigenvalue weighted by Gasteiger charge is -2.60. The normalized spacial score (nSPS) is 22.0. The van der Waals surface area contributed by atoms with Crippen molar-refractivity contribution in [1.82, 2.24) is 0 Å². The summed E-state index contributed by atoms with van der Waals surface area (Å²) in [6.45, 7) is 18.1. The van der Waals surface area contributed by atoms with Crippen molar-refractivity contribution in [1.29, 1.82) is 0 Å². The zero-order valence-electron chi connectivity index (χ0n) is 22.2. The van der Waals surface area contributed by atoms with Crippen LogP contribution in [-0.2, 0) is 20.6 Å². The third kappa shape index (κ3) is 4.95. The highest BCUT2D eigenvalue weighted by Crippen LogP contribution is 2.48. The molecule has 0 saturated carbocycles. The molecule has 0 radical (unpaired) electrons. The van der Waals surface area contributed by atoms with Gasteiger partial charge < -0.3 is 13.9 Å². The largest absolute Gasteiger partial charge is 0.497 e. The molecule has 3 rings (SSSR count). The smallest absolute Gasteiger partial charge is 0.259 e. The van der Waals surface area contributed by atoms with Crippen LogP contribution in [0.5, 0.6) is 5.75 Å². The Morgan fingerprint density at radius 1 is 1.03 bits per heavy atom. The van der Waals surface area contributed by atoms with E-state index >= 15 is 0 Å². The molecule has 0 bridgehead atoms. The zero-order valence-corrected chi connectivity index (χ0v) is 23.2. The number of amides is 1. The number of rotatable bonds is 9. The molecule has 34 heavy (non-hydrogen) atoms. The summed E-state index contributed by atoms with van der Waals surface area (Å²) >= 11 is 0. The second-order valence-electron chi connectivity index (χ2n) is 11.3. The van der Waals surface area contributed by atoms with Crippen molar-refractivity contribution in [2.45, 2.75) is 84.0 Å². The number of carbonyl (C=O) groups excluding carboxylic acids is 1. The van der Waals surface area contributed by atoms with Gasteiger partial charge in [0.25, 0.3) is 5.91 Å². The fourth-order valence-electron chi connectivity index (χ4n) is 4.49. The lowest BCUT2D eigenvalue weighted by molar-refractivity contribution is -0.162. The fraction of sp³-hybridized carbons (Fsp3) is 0.536. The first-order valence-electron chi connectivity index (χ1n) is 12.1. The van der Waals surface area contributed by atoms with E-state index in [1.807, 2.05) is 59.5 Å². The van der Waals surface area contributed by atoms with Crippen LogP contribution < -0.4 is 9.64 Å². The van der Waals surface area contributed by atoms with Gasteiger partial charge in [0.15, 0.2) is 14.4 Å². The molecule has 3 atom stereocenters. The fourth-order valence-corrected chi connectivity index (χ4v) is 5.99. The minimum absolute atomic E-state index is 0.0342. The molecule has 0 spiro atoms. The van der Waals surface area contributed by atoms with Crippen molar-refractivity contribution in [3.05, 3.63) is 60.2 Å². The van der Waals surface area contributed by atoms with E-state index in [9.17, 15) is 4.79 Å². The zero-order chi connectivity index (χ0) is 25.3. The van der Waals surface area contributed by atoms with Crippen LogP contribution in [0.25, 0.3) is 0 Å². The number of methoxy groups -OCH3 is 1. The van der Waals surface area contributed by atoms with E-state index < -0.39 is 20.0 Å². The average molecular weight is 484 g/mol. The molecule has 1 saturated heterocycles.